The van der Waals surface area contributed by atoms with Crippen LogP contribution >= 0.6 is 0 Å². The Labute approximate surface area is 161 Å². The van der Waals surface area contributed by atoms with Crippen molar-refractivity contribution < 1.29 is 10.2 Å². The molecule has 0 aromatic heterocycles. The standard InChI is InChI=1S/C24H27NO2/c1-18(20-8-4-2-5-9-20)25-15-14-22(21-10-6-3-7-11-21)23-16-19(17-26)12-13-24(23)27/h2-13,16,18,22,25-27H,14-15,17H2,1H3/t18-,22?/m1/s1. The van der Waals surface area contributed by atoms with Gasteiger partial charge in [0.05, 0.1) is 6.61 Å². The Morgan fingerprint density at radius 2 is 1.48 bits per heavy atom. The Balaban J connectivity index is 1.77. The third kappa shape index (κ3) is 4.97. The van der Waals surface area contributed by atoms with Gasteiger partial charge in [-0.15, -0.1) is 0 Å². The van der Waals surface area contributed by atoms with E-state index >= 15 is 0 Å². The van der Waals surface area contributed by atoms with E-state index in [1.165, 1.54) is 5.56 Å². The van der Waals surface area contributed by atoms with E-state index in [0.29, 0.717) is 0 Å². The maximum Gasteiger partial charge on any atom is 0.119 e. The second-order valence-electron chi connectivity index (χ2n) is 6.89. The molecule has 0 fully saturated rings. The second-order valence-corrected chi connectivity index (χ2v) is 6.89. The van der Waals surface area contributed by atoms with E-state index in [1.54, 1.807) is 12.1 Å². The molecule has 0 radical (unpaired) electrons. The minimum Gasteiger partial charge on any atom is -0.508 e. The summed E-state index contributed by atoms with van der Waals surface area (Å²) >= 11 is 0. The van der Waals surface area contributed by atoms with Crippen molar-refractivity contribution in [3.8, 4) is 5.75 Å². The van der Waals surface area contributed by atoms with Crippen molar-refractivity contribution in [2.24, 2.45) is 0 Å². The first kappa shape index (κ1) is 19.2. The predicted octanol–water partition coefficient (Wildman–Crippen LogP) is 4.76. The lowest BCUT2D eigenvalue weighted by atomic mass is 9.87. The topological polar surface area (TPSA) is 52.5 Å². The molecule has 3 aromatic carbocycles. The normalized spacial score (nSPS) is 13.3. The van der Waals surface area contributed by atoms with Crippen LogP contribution in [0.25, 0.3) is 0 Å². The number of phenols is 1. The van der Waals surface area contributed by atoms with Gasteiger partial charge in [0.25, 0.3) is 0 Å². The number of aliphatic hydroxyl groups is 1. The van der Waals surface area contributed by atoms with Gasteiger partial charge in [0.2, 0.25) is 0 Å². The van der Waals surface area contributed by atoms with Gasteiger partial charge in [-0.25, -0.2) is 0 Å². The Bertz CT molecular complexity index is 834. The molecule has 2 atom stereocenters. The van der Waals surface area contributed by atoms with E-state index in [1.807, 2.05) is 30.3 Å². The Morgan fingerprint density at radius 3 is 2.11 bits per heavy atom. The molecule has 27 heavy (non-hydrogen) atoms. The predicted molar refractivity (Wildman–Crippen MR) is 110 cm³/mol. The maximum atomic E-state index is 10.4. The van der Waals surface area contributed by atoms with Gasteiger partial charge in [-0.3, -0.25) is 0 Å². The number of aromatic hydroxyl groups is 1. The van der Waals surface area contributed by atoms with Crippen LogP contribution in [-0.4, -0.2) is 16.8 Å². The van der Waals surface area contributed by atoms with Crippen LogP contribution in [0.1, 0.15) is 47.6 Å². The number of rotatable bonds is 8. The molecule has 3 N–H and O–H groups in total. The SMILES string of the molecule is C[C@@H](NCCC(c1ccccc1)c1cc(CO)ccc1O)c1ccccc1. The average molecular weight is 361 g/mol. The summed E-state index contributed by atoms with van der Waals surface area (Å²) in [7, 11) is 0. The number of phenolic OH excluding ortho intramolecular Hbond substituents is 1. The lowest BCUT2D eigenvalue weighted by Gasteiger charge is -2.22. The van der Waals surface area contributed by atoms with Crippen molar-refractivity contribution in [2.75, 3.05) is 6.54 Å². The highest BCUT2D eigenvalue weighted by molar-refractivity contribution is 5.43. The molecule has 0 aliphatic carbocycles. The van der Waals surface area contributed by atoms with E-state index in [2.05, 4.69) is 48.6 Å². The maximum absolute atomic E-state index is 10.4. The largest absolute Gasteiger partial charge is 0.508 e. The molecule has 0 bridgehead atoms. The van der Waals surface area contributed by atoms with Crippen LogP contribution in [0.4, 0.5) is 0 Å². The number of hydrogen-bond donors (Lipinski definition) is 3. The first-order chi connectivity index (χ1) is 13.2. The van der Waals surface area contributed by atoms with Crippen LogP contribution in [-0.2, 0) is 6.61 Å². The lowest BCUT2D eigenvalue weighted by Crippen LogP contribution is -2.22. The van der Waals surface area contributed by atoms with Gasteiger partial charge in [0.1, 0.15) is 5.75 Å². The number of benzene rings is 3. The fourth-order valence-corrected chi connectivity index (χ4v) is 3.47. The van der Waals surface area contributed by atoms with E-state index in [9.17, 15) is 10.2 Å². The summed E-state index contributed by atoms with van der Waals surface area (Å²) in [6.07, 6.45) is 0.851. The Morgan fingerprint density at radius 1 is 0.852 bits per heavy atom. The summed E-state index contributed by atoms with van der Waals surface area (Å²) < 4.78 is 0. The van der Waals surface area contributed by atoms with Crippen LogP contribution in [0.2, 0.25) is 0 Å². The lowest BCUT2D eigenvalue weighted by molar-refractivity contribution is 0.281. The molecule has 3 aromatic rings. The number of hydrogen-bond acceptors (Lipinski definition) is 3. The summed E-state index contributed by atoms with van der Waals surface area (Å²) in [5.41, 5.74) is 4.10. The van der Waals surface area contributed by atoms with Crippen molar-refractivity contribution in [1.29, 1.82) is 0 Å². The Hall–Kier alpha value is -2.62. The van der Waals surface area contributed by atoms with Gasteiger partial charge in [0, 0.05) is 17.5 Å². The number of nitrogens with one attached hydrogen (secondary N) is 1. The van der Waals surface area contributed by atoms with E-state index < -0.39 is 0 Å². The highest BCUT2D eigenvalue weighted by atomic mass is 16.3. The molecule has 140 valence electrons. The van der Waals surface area contributed by atoms with Gasteiger partial charge in [0.15, 0.2) is 0 Å². The third-order valence-corrected chi connectivity index (χ3v) is 5.03. The van der Waals surface area contributed by atoms with Crippen LogP contribution in [0, 0.1) is 0 Å². The fourth-order valence-electron chi connectivity index (χ4n) is 3.47. The number of aliphatic hydroxyl groups excluding tert-OH is 1. The molecule has 0 aliphatic heterocycles. The first-order valence-corrected chi connectivity index (χ1v) is 9.45. The molecule has 0 spiro atoms. The van der Waals surface area contributed by atoms with E-state index in [0.717, 1.165) is 29.7 Å². The minimum atomic E-state index is -0.0297. The van der Waals surface area contributed by atoms with Crippen molar-refractivity contribution in [2.45, 2.75) is 31.9 Å². The summed E-state index contributed by atoms with van der Waals surface area (Å²) in [4.78, 5) is 0. The van der Waals surface area contributed by atoms with E-state index in [-0.39, 0.29) is 24.3 Å². The van der Waals surface area contributed by atoms with E-state index in [4.69, 9.17) is 0 Å². The van der Waals surface area contributed by atoms with Crippen molar-refractivity contribution in [1.82, 2.24) is 5.32 Å². The minimum absolute atomic E-state index is 0.0297. The summed E-state index contributed by atoms with van der Waals surface area (Å²) in [6.45, 7) is 2.95. The average Bonchev–Trinajstić information content (AvgIpc) is 2.73. The van der Waals surface area contributed by atoms with Crippen LogP contribution in [0.5, 0.6) is 5.75 Å². The van der Waals surface area contributed by atoms with Crippen LogP contribution in [0.15, 0.2) is 78.9 Å². The molecular weight excluding hydrogens is 334 g/mol. The van der Waals surface area contributed by atoms with Crippen LogP contribution < -0.4 is 5.32 Å². The molecule has 3 rings (SSSR count). The van der Waals surface area contributed by atoms with Crippen LogP contribution in [0.3, 0.4) is 0 Å². The van der Waals surface area contributed by atoms with Crippen molar-refractivity contribution in [3.05, 3.63) is 101 Å². The summed E-state index contributed by atoms with van der Waals surface area (Å²) in [5, 5.41) is 23.5. The molecule has 0 heterocycles. The highest BCUT2D eigenvalue weighted by Gasteiger charge is 2.18. The monoisotopic (exact) mass is 361 g/mol. The molecule has 1 unspecified atom stereocenters. The molecule has 0 saturated carbocycles. The van der Waals surface area contributed by atoms with Crippen molar-refractivity contribution in [3.63, 3.8) is 0 Å². The molecular formula is C24H27NO2. The van der Waals surface area contributed by atoms with Gasteiger partial charge < -0.3 is 15.5 Å². The van der Waals surface area contributed by atoms with Gasteiger partial charge in [-0.05, 0) is 48.7 Å². The molecule has 0 amide bonds. The van der Waals surface area contributed by atoms with Gasteiger partial charge >= 0.3 is 0 Å². The molecule has 0 aliphatic rings. The zero-order chi connectivity index (χ0) is 19.1. The zero-order valence-electron chi connectivity index (χ0n) is 15.7. The smallest absolute Gasteiger partial charge is 0.119 e. The quantitative estimate of drug-likeness (QED) is 0.542. The Kier molecular flexibility index (Phi) is 6.64. The van der Waals surface area contributed by atoms with Crippen molar-refractivity contribution >= 4 is 0 Å². The second kappa shape index (κ2) is 9.36. The highest BCUT2D eigenvalue weighted by Crippen LogP contribution is 2.34. The summed E-state index contributed by atoms with van der Waals surface area (Å²) in [6, 6.07) is 26.2. The molecule has 0 saturated heterocycles. The fraction of sp³-hybridized carbons (Fsp3) is 0.250. The molecule has 3 nitrogen and oxygen atoms in total. The van der Waals surface area contributed by atoms with Gasteiger partial charge in [-0.1, -0.05) is 66.7 Å². The third-order valence-electron chi connectivity index (χ3n) is 5.03. The molecule has 3 heteroatoms. The van der Waals surface area contributed by atoms with Gasteiger partial charge in [-0.2, -0.15) is 0 Å². The summed E-state index contributed by atoms with van der Waals surface area (Å²) in [5.74, 6) is 0.338. The zero-order valence-corrected chi connectivity index (χ0v) is 15.7. The first-order valence-electron chi connectivity index (χ1n) is 9.45.